The molecule has 0 radical (unpaired) electrons. The minimum atomic E-state index is -0.640. The van der Waals surface area contributed by atoms with E-state index in [1.54, 1.807) is 4.90 Å². The van der Waals surface area contributed by atoms with Crippen molar-refractivity contribution in [3.8, 4) is 0 Å². The van der Waals surface area contributed by atoms with Crippen molar-refractivity contribution in [1.82, 2.24) is 4.90 Å². The second kappa shape index (κ2) is 7.89. The van der Waals surface area contributed by atoms with Crippen molar-refractivity contribution >= 4 is 17.8 Å². The first kappa shape index (κ1) is 18.4. The van der Waals surface area contributed by atoms with Gasteiger partial charge in [0.05, 0.1) is 11.3 Å². The lowest BCUT2D eigenvalue weighted by molar-refractivity contribution is -0.158. The maximum absolute atomic E-state index is 12.9. The van der Waals surface area contributed by atoms with E-state index in [0.29, 0.717) is 19.5 Å². The van der Waals surface area contributed by atoms with E-state index in [2.05, 4.69) is 0 Å². The van der Waals surface area contributed by atoms with Crippen molar-refractivity contribution in [1.29, 1.82) is 0 Å². The van der Waals surface area contributed by atoms with Gasteiger partial charge in [-0.15, -0.1) is 0 Å². The molecule has 140 valence electrons. The summed E-state index contributed by atoms with van der Waals surface area (Å²) in [5, 5.41) is 0. The number of benzene rings is 1. The molecule has 0 unspecified atom stereocenters. The van der Waals surface area contributed by atoms with Crippen LogP contribution in [0.5, 0.6) is 0 Å². The van der Waals surface area contributed by atoms with Crippen LogP contribution in [0.15, 0.2) is 30.3 Å². The molecular weight excluding hydrogens is 332 g/mol. The Labute approximate surface area is 153 Å². The molecule has 1 aromatic rings. The lowest BCUT2D eigenvalue weighted by atomic mass is 9.79. The van der Waals surface area contributed by atoms with Crippen molar-refractivity contribution in [3.05, 3.63) is 35.9 Å². The molecule has 6 heteroatoms. The highest BCUT2D eigenvalue weighted by Gasteiger charge is 2.44. The Hall–Kier alpha value is -2.37. The highest BCUT2D eigenvalue weighted by atomic mass is 16.5. The van der Waals surface area contributed by atoms with Gasteiger partial charge in [0.15, 0.2) is 6.61 Å². The van der Waals surface area contributed by atoms with E-state index >= 15 is 0 Å². The normalized spacial score (nSPS) is 22.0. The SMILES string of the molecule is NC(=O)[C@H]1CCCN(C(=O)COC(=O)C2(c3ccccc3)CCCC2)C1. The number of hydrogen-bond donors (Lipinski definition) is 1. The number of likely N-dealkylation sites (tertiary alicyclic amines) is 1. The Morgan fingerprint density at radius 2 is 1.81 bits per heavy atom. The third kappa shape index (κ3) is 3.74. The van der Waals surface area contributed by atoms with Gasteiger partial charge in [-0.1, -0.05) is 43.2 Å². The molecule has 0 aromatic heterocycles. The zero-order valence-electron chi connectivity index (χ0n) is 15.0. The molecule has 2 N–H and O–H groups in total. The second-order valence-electron chi connectivity index (χ2n) is 7.31. The monoisotopic (exact) mass is 358 g/mol. The number of esters is 1. The van der Waals surface area contributed by atoms with E-state index in [1.807, 2.05) is 30.3 Å². The molecule has 1 heterocycles. The number of hydrogen-bond acceptors (Lipinski definition) is 4. The summed E-state index contributed by atoms with van der Waals surface area (Å²) in [6, 6.07) is 9.68. The Balaban J connectivity index is 1.62. The number of amides is 2. The first-order valence-electron chi connectivity index (χ1n) is 9.33. The van der Waals surface area contributed by atoms with Crippen LogP contribution in [0, 0.1) is 5.92 Å². The largest absolute Gasteiger partial charge is 0.455 e. The van der Waals surface area contributed by atoms with Crippen LogP contribution < -0.4 is 5.73 Å². The van der Waals surface area contributed by atoms with Crippen LogP contribution in [-0.4, -0.2) is 42.4 Å². The van der Waals surface area contributed by atoms with Crippen molar-refractivity contribution in [3.63, 3.8) is 0 Å². The lowest BCUT2D eigenvalue weighted by Gasteiger charge is -2.32. The lowest BCUT2D eigenvalue weighted by Crippen LogP contribution is -2.46. The molecule has 26 heavy (non-hydrogen) atoms. The number of nitrogens with zero attached hydrogens (tertiary/aromatic N) is 1. The van der Waals surface area contributed by atoms with Crippen LogP contribution in [-0.2, 0) is 24.5 Å². The molecule has 6 nitrogen and oxygen atoms in total. The van der Waals surface area contributed by atoms with Gasteiger partial charge in [0.1, 0.15) is 0 Å². The Bertz CT molecular complexity index is 668. The average molecular weight is 358 g/mol. The van der Waals surface area contributed by atoms with E-state index in [-0.39, 0.29) is 30.3 Å². The van der Waals surface area contributed by atoms with Crippen molar-refractivity contribution in [2.24, 2.45) is 11.7 Å². The van der Waals surface area contributed by atoms with Gasteiger partial charge < -0.3 is 15.4 Å². The number of carbonyl (C=O) groups is 3. The number of piperidine rings is 1. The summed E-state index contributed by atoms with van der Waals surface area (Å²) in [6.45, 7) is 0.610. The maximum atomic E-state index is 12.9. The average Bonchev–Trinajstić information content (AvgIpc) is 3.18. The smallest absolute Gasteiger partial charge is 0.317 e. The molecule has 2 aliphatic rings. The van der Waals surface area contributed by atoms with Crippen molar-refractivity contribution in [2.75, 3.05) is 19.7 Å². The molecule has 1 saturated carbocycles. The Morgan fingerprint density at radius 1 is 1.12 bits per heavy atom. The van der Waals surface area contributed by atoms with Gasteiger partial charge in [0.2, 0.25) is 5.91 Å². The fourth-order valence-corrected chi connectivity index (χ4v) is 4.14. The molecule has 2 fully saturated rings. The van der Waals surface area contributed by atoms with Crippen LogP contribution in [0.4, 0.5) is 0 Å². The molecule has 1 aromatic carbocycles. The van der Waals surface area contributed by atoms with Crippen LogP contribution in [0.1, 0.15) is 44.1 Å². The quantitative estimate of drug-likeness (QED) is 0.812. The number of rotatable bonds is 5. The van der Waals surface area contributed by atoms with Crippen LogP contribution in [0.25, 0.3) is 0 Å². The zero-order chi connectivity index (χ0) is 18.6. The summed E-state index contributed by atoms with van der Waals surface area (Å²) in [6.07, 6.45) is 4.89. The van der Waals surface area contributed by atoms with Gasteiger partial charge >= 0.3 is 5.97 Å². The molecule has 1 aliphatic carbocycles. The van der Waals surface area contributed by atoms with Crippen LogP contribution in [0.3, 0.4) is 0 Å². The third-order valence-corrected chi connectivity index (χ3v) is 5.68. The number of carbonyl (C=O) groups excluding carboxylic acids is 3. The van der Waals surface area contributed by atoms with Gasteiger partial charge in [-0.05, 0) is 31.2 Å². The minimum absolute atomic E-state index is 0.259. The molecule has 2 amide bonds. The highest BCUT2D eigenvalue weighted by Crippen LogP contribution is 2.42. The van der Waals surface area contributed by atoms with Crippen molar-refractivity contribution in [2.45, 2.75) is 43.9 Å². The summed E-state index contributed by atoms with van der Waals surface area (Å²) in [5.74, 6) is -1.27. The van der Waals surface area contributed by atoms with Crippen molar-refractivity contribution < 1.29 is 19.1 Å². The fourth-order valence-electron chi connectivity index (χ4n) is 4.14. The molecule has 1 saturated heterocycles. The van der Waals surface area contributed by atoms with Crippen LogP contribution in [0.2, 0.25) is 0 Å². The molecule has 1 atom stereocenters. The molecule has 0 bridgehead atoms. The van der Waals surface area contributed by atoms with Crippen LogP contribution >= 0.6 is 0 Å². The topological polar surface area (TPSA) is 89.7 Å². The van der Waals surface area contributed by atoms with E-state index in [0.717, 1.165) is 37.7 Å². The van der Waals surface area contributed by atoms with Gasteiger partial charge in [-0.25, -0.2) is 0 Å². The minimum Gasteiger partial charge on any atom is -0.455 e. The second-order valence-corrected chi connectivity index (χ2v) is 7.31. The third-order valence-electron chi connectivity index (χ3n) is 5.68. The summed E-state index contributed by atoms with van der Waals surface area (Å²) < 4.78 is 5.45. The molecule has 1 aliphatic heterocycles. The zero-order valence-corrected chi connectivity index (χ0v) is 15.0. The standard InChI is InChI=1S/C20H26N2O4/c21-18(24)15-7-6-12-22(13-15)17(23)14-26-19(25)20(10-4-5-11-20)16-8-2-1-3-9-16/h1-3,8-9,15H,4-7,10-14H2,(H2,21,24)/t15-/m0/s1. The number of nitrogens with two attached hydrogens (primary N) is 1. The van der Waals surface area contributed by atoms with Gasteiger partial charge in [-0.2, -0.15) is 0 Å². The van der Waals surface area contributed by atoms with E-state index in [4.69, 9.17) is 10.5 Å². The maximum Gasteiger partial charge on any atom is 0.317 e. The Kier molecular flexibility index (Phi) is 5.59. The summed E-state index contributed by atoms with van der Waals surface area (Å²) in [4.78, 5) is 38.2. The summed E-state index contributed by atoms with van der Waals surface area (Å²) in [5.41, 5.74) is 5.67. The Morgan fingerprint density at radius 3 is 2.46 bits per heavy atom. The summed E-state index contributed by atoms with van der Waals surface area (Å²) >= 11 is 0. The molecular formula is C20H26N2O4. The van der Waals surface area contributed by atoms with E-state index < -0.39 is 5.41 Å². The van der Waals surface area contributed by atoms with Gasteiger partial charge in [0.25, 0.3) is 5.91 Å². The molecule has 3 rings (SSSR count). The van der Waals surface area contributed by atoms with E-state index in [1.165, 1.54) is 0 Å². The predicted octanol–water partition coefficient (Wildman–Crippen LogP) is 1.77. The van der Waals surface area contributed by atoms with Gasteiger partial charge in [0, 0.05) is 13.1 Å². The summed E-state index contributed by atoms with van der Waals surface area (Å²) in [7, 11) is 0. The molecule has 0 spiro atoms. The van der Waals surface area contributed by atoms with Gasteiger partial charge in [-0.3, -0.25) is 14.4 Å². The predicted molar refractivity (Wildman–Crippen MR) is 96.0 cm³/mol. The number of primary amides is 1. The first-order chi connectivity index (χ1) is 12.5. The fraction of sp³-hybridized carbons (Fsp3) is 0.550. The van der Waals surface area contributed by atoms with E-state index in [9.17, 15) is 14.4 Å². The highest BCUT2D eigenvalue weighted by molar-refractivity contribution is 5.87. The first-order valence-corrected chi connectivity index (χ1v) is 9.33. The number of ether oxygens (including phenoxy) is 1.